The lowest BCUT2D eigenvalue weighted by molar-refractivity contribution is -0.122. The molecule has 1 aromatic rings. The SMILES string of the molecule is CC(C)CCNC(=O)C(C)N[C@H](C)c1ccc(F)cc1. The van der Waals surface area contributed by atoms with Crippen LogP contribution in [0.2, 0.25) is 0 Å². The molecule has 1 rings (SSSR count). The van der Waals surface area contributed by atoms with Crippen molar-refractivity contribution >= 4 is 5.91 Å². The van der Waals surface area contributed by atoms with Gasteiger partial charge in [0.15, 0.2) is 0 Å². The molecule has 0 fully saturated rings. The molecule has 0 aliphatic heterocycles. The molecule has 0 saturated heterocycles. The molecule has 0 aliphatic rings. The second kappa shape index (κ2) is 8.00. The third kappa shape index (κ3) is 5.70. The van der Waals surface area contributed by atoms with Gasteiger partial charge >= 0.3 is 0 Å². The van der Waals surface area contributed by atoms with Crippen molar-refractivity contribution in [2.75, 3.05) is 6.54 Å². The van der Waals surface area contributed by atoms with Crippen LogP contribution < -0.4 is 10.6 Å². The van der Waals surface area contributed by atoms with Crippen LogP contribution in [0.4, 0.5) is 4.39 Å². The molecule has 0 bridgehead atoms. The summed E-state index contributed by atoms with van der Waals surface area (Å²) in [5, 5.41) is 6.14. The Morgan fingerprint density at radius 3 is 2.30 bits per heavy atom. The van der Waals surface area contributed by atoms with Crippen LogP contribution in [0.5, 0.6) is 0 Å². The Kier molecular flexibility index (Phi) is 6.65. The standard InChI is InChI=1S/C16H25FN2O/c1-11(2)9-10-18-16(20)13(4)19-12(3)14-5-7-15(17)8-6-14/h5-8,11-13,19H,9-10H2,1-4H3,(H,18,20)/t12-,13?/m1/s1. The van der Waals surface area contributed by atoms with E-state index < -0.39 is 0 Å². The topological polar surface area (TPSA) is 41.1 Å². The van der Waals surface area contributed by atoms with E-state index in [2.05, 4.69) is 24.5 Å². The minimum Gasteiger partial charge on any atom is -0.355 e. The number of hydrogen-bond donors (Lipinski definition) is 2. The van der Waals surface area contributed by atoms with Crippen molar-refractivity contribution in [3.63, 3.8) is 0 Å². The van der Waals surface area contributed by atoms with Crippen LogP contribution in [0.15, 0.2) is 24.3 Å². The first-order valence-electron chi connectivity index (χ1n) is 7.19. The van der Waals surface area contributed by atoms with Crippen LogP contribution in [-0.4, -0.2) is 18.5 Å². The van der Waals surface area contributed by atoms with Crippen molar-refractivity contribution in [1.82, 2.24) is 10.6 Å². The van der Waals surface area contributed by atoms with E-state index in [1.54, 1.807) is 12.1 Å². The Balaban J connectivity index is 2.42. The molecule has 1 amide bonds. The lowest BCUT2D eigenvalue weighted by atomic mass is 10.1. The summed E-state index contributed by atoms with van der Waals surface area (Å²) in [7, 11) is 0. The maximum atomic E-state index is 12.9. The number of benzene rings is 1. The monoisotopic (exact) mass is 280 g/mol. The Bertz CT molecular complexity index is 417. The van der Waals surface area contributed by atoms with Crippen LogP contribution in [-0.2, 0) is 4.79 Å². The molecule has 0 aliphatic carbocycles. The Labute approximate surface area is 121 Å². The van der Waals surface area contributed by atoms with Gasteiger partial charge in [0.25, 0.3) is 0 Å². The molecular weight excluding hydrogens is 255 g/mol. The second-order valence-corrected chi connectivity index (χ2v) is 5.64. The van der Waals surface area contributed by atoms with Gasteiger partial charge in [0.2, 0.25) is 5.91 Å². The van der Waals surface area contributed by atoms with Gasteiger partial charge in [0, 0.05) is 12.6 Å². The van der Waals surface area contributed by atoms with E-state index in [9.17, 15) is 9.18 Å². The number of rotatable bonds is 7. The van der Waals surface area contributed by atoms with Crippen molar-refractivity contribution < 1.29 is 9.18 Å². The van der Waals surface area contributed by atoms with Crippen molar-refractivity contribution in [1.29, 1.82) is 0 Å². The zero-order valence-corrected chi connectivity index (χ0v) is 12.7. The average molecular weight is 280 g/mol. The van der Waals surface area contributed by atoms with Crippen molar-refractivity contribution in [2.24, 2.45) is 5.92 Å². The highest BCUT2D eigenvalue weighted by molar-refractivity contribution is 5.81. The predicted octanol–water partition coefficient (Wildman–Crippen LogP) is 3.03. The Morgan fingerprint density at radius 1 is 1.15 bits per heavy atom. The molecule has 0 radical (unpaired) electrons. The molecule has 2 N–H and O–H groups in total. The zero-order chi connectivity index (χ0) is 15.1. The van der Waals surface area contributed by atoms with E-state index in [0.717, 1.165) is 12.0 Å². The number of carbonyl (C=O) groups excluding carboxylic acids is 1. The van der Waals surface area contributed by atoms with E-state index in [0.29, 0.717) is 12.5 Å². The Morgan fingerprint density at radius 2 is 1.75 bits per heavy atom. The summed E-state index contributed by atoms with van der Waals surface area (Å²) in [6, 6.07) is 6.05. The minimum atomic E-state index is -0.276. The summed E-state index contributed by atoms with van der Waals surface area (Å²) < 4.78 is 12.9. The molecule has 0 heterocycles. The maximum absolute atomic E-state index is 12.9. The molecule has 1 unspecified atom stereocenters. The van der Waals surface area contributed by atoms with Crippen LogP contribution >= 0.6 is 0 Å². The van der Waals surface area contributed by atoms with Crippen molar-refractivity contribution in [3.05, 3.63) is 35.6 Å². The highest BCUT2D eigenvalue weighted by atomic mass is 19.1. The summed E-state index contributed by atoms with van der Waals surface area (Å²) in [5.74, 6) is 0.330. The number of carbonyl (C=O) groups is 1. The molecule has 4 heteroatoms. The maximum Gasteiger partial charge on any atom is 0.236 e. The largest absolute Gasteiger partial charge is 0.355 e. The van der Waals surface area contributed by atoms with E-state index >= 15 is 0 Å². The van der Waals surface area contributed by atoms with Gasteiger partial charge in [-0.3, -0.25) is 10.1 Å². The van der Waals surface area contributed by atoms with Gasteiger partial charge in [-0.1, -0.05) is 26.0 Å². The molecule has 0 aromatic heterocycles. The van der Waals surface area contributed by atoms with Gasteiger partial charge in [0.1, 0.15) is 5.82 Å². The van der Waals surface area contributed by atoms with Gasteiger partial charge in [0.05, 0.1) is 6.04 Å². The summed E-state index contributed by atoms with van der Waals surface area (Å²) in [6.45, 7) is 8.76. The summed E-state index contributed by atoms with van der Waals surface area (Å²) in [5.41, 5.74) is 0.966. The lowest BCUT2D eigenvalue weighted by Crippen LogP contribution is -2.43. The zero-order valence-electron chi connectivity index (χ0n) is 12.7. The summed E-state index contributed by atoms with van der Waals surface area (Å²) in [6.07, 6.45) is 0.978. The van der Waals surface area contributed by atoms with Gasteiger partial charge in [-0.25, -0.2) is 4.39 Å². The number of halogens is 1. The van der Waals surface area contributed by atoms with Crippen LogP contribution in [0.1, 0.15) is 45.7 Å². The normalized spacial score (nSPS) is 14.1. The fraction of sp³-hybridized carbons (Fsp3) is 0.562. The second-order valence-electron chi connectivity index (χ2n) is 5.64. The van der Waals surface area contributed by atoms with Gasteiger partial charge in [-0.05, 0) is 43.9 Å². The third-order valence-corrected chi connectivity index (χ3v) is 3.28. The molecule has 3 nitrogen and oxygen atoms in total. The lowest BCUT2D eigenvalue weighted by Gasteiger charge is -2.20. The van der Waals surface area contributed by atoms with Crippen LogP contribution in [0, 0.1) is 11.7 Å². The molecular formula is C16H25FN2O. The first-order valence-corrected chi connectivity index (χ1v) is 7.19. The molecule has 0 spiro atoms. The number of amides is 1. The third-order valence-electron chi connectivity index (χ3n) is 3.28. The molecule has 112 valence electrons. The molecule has 1 aromatic carbocycles. The smallest absolute Gasteiger partial charge is 0.236 e. The summed E-state index contributed by atoms with van der Waals surface area (Å²) in [4.78, 5) is 11.9. The molecule has 2 atom stereocenters. The quantitative estimate of drug-likeness (QED) is 0.806. The number of nitrogens with one attached hydrogen (secondary N) is 2. The van der Waals surface area contributed by atoms with Gasteiger partial charge in [-0.2, -0.15) is 0 Å². The molecule has 0 saturated carbocycles. The van der Waals surface area contributed by atoms with E-state index in [1.165, 1.54) is 12.1 Å². The first-order chi connectivity index (χ1) is 9.40. The van der Waals surface area contributed by atoms with E-state index in [4.69, 9.17) is 0 Å². The first kappa shape index (κ1) is 16.6. The van der Waals surface area contributed by atoms with Gasteiger partial charge in [-0.15, -0.1) is 0 Å². The summed E-state index contributed by atoms with van der Waals surface area (Å²) >= 11 is 0. The fourth-order valence-corrected chi connectivity index (χ4v) is 1.94. The van der Waals surface area contributed by atoms with E-state index in [1.807, 2.05) is 13.8 Å². The predicted molar refractivity (Wildman–Crippen MR) is 79.9 cm³/mol. The van der Waals surface area contributed by atoms with Crippen LogP contribution in [0.25, 0.3) is 0 Å². The average Bonchev–Trinajstić information content (AvgIpc) is 2.38. The van der Waals surface area contributed by atoms with E-state index in [-0.39, 0.29) is 23.8 Å². The highest BCUT2D eigenvalue weighted by Gasteiger charge is 2.15. The fourth-order valence-electron chi connectivity index (χ4n) is 1.94. The number of hydrogen-bond acceptors (Lipinski definition) is 2. The highest BCUT2D eigenvalue weighted by Crippen LogP contribution is 2.13. The molecule has 20 heavy (non-hydrogen) atoms. The van der Waals surface area contributed by atoms with Gasteiger partial charge < -0.3 is 5.32 Å². The van der Waals surface area contributed by atoms with Crippen molar-refractivity contribution in [2.45, 2.75) is 46.2 Å². The van der Waals surface area contributed by atoms with Crippen molar-refractivity contribution in [3.8, 4) is 0 Å². The minimum absolute atomic E-state index is 0.000360. The van der Waals surface area contributed by atoms with Crippen LogP contribution in [0.3, 0.4) is 0 Å². The Hall–Kier alpha value is -1.42.